The molecule has 3 N–H and O–H groups in total. The van der Waals surface area contributed by atoms with Crippen molar-refractivity contribution in [3.63, 3.8) is 0 Å². The van der Waals surface area contributed by atoms with E-state index in [-0.39, 0.29) is 17.6 Å². The lowest BCUT2D eigenvalue weighted by molar-refractivity contribution is 0.00333. The second-order valence-electron chi connectivity index (χ2n) is 7.17. The van der Waals surface area contributed by atoms with Crippen LogP contribution in [0.4, 0.5) is 10.5 Å². The van der Waals surface area contributed by atoms with Gasteiger partial charge in [-0.3, -0.25) is 0 Å². The third-order valence-corrected chi connectivity index (χ3v) is 5.13. The molecule has 2 aromatic rings. The van der Waals surface area contributed by atoms with Crippen molar-refractivity contribution >= 4 is 11.7 Å². The second-order valence-corrected chi connectivity index (χ2v) is 7.17. The van der Waals surface area contributed by atoms with Crippen LogP contribution in [-0.2, 0) is 7.05 Å². The summed E-state index contributed by atoms with van der Waals surface area (Å²) in [7, 11) is 1.94. The molecule has 2 amide bonds. The van der Waals surface area contributed by atoms with Crippen LogP contribution >= 0.6 is 0 Å². The van der Waals surface area contributed by atoms with Gasteiger partial charge in [0.1, 0.15) is 5.82 Å². The molecule has 6 nitrogen and oxygen atoms in total. The number of aryl methyl sites for hydroxylation is 1. The van der Waals surface area contributed by atoms with Crippen LogP contribution in [0.1, 0.15) is 32.6 Å². The van der Waals surface area contributed by atoms with Gasteiger partial charge in [0.05, 0.1) is 6.10 Å². The largest absolute Gasteiger partial charge is 0.392 e. The molecular weight excluding hydrogens is 316 g/mol. The van der Waals surface area contributed by atoms with E-state index in [1.807, 2.05) is 49.0 Å². The molecule has 0 saturated heterocycles. The number of aliphatic hydroxyl groups excluding tert-OH is 1. The lowest BCUT2D eigenvalue weighted by atomic mass is 9.73. The molecule has 25 heavy (non-hydrogen) atoms. The molecule has 3 rings (SSSR count). The molecule has 1 aromatic carbocycles. The number of amides is 2. The Balaban J connectivity index is 1.61. The molecule has 2 unspecified atom stereocenters. The fourth-order valence-corrected chi connectivity index (χ4v) is 3.43. The molecule has 1 aromatic heterocycles. The summed E-state index contributed by atoms with van der Waals surface area (Å²) in [6.45, 7) is 2.51. The van der Waals surface area contributed by atoms with E-state index in [2.05, 4.69) is 15.6 Å². The minimum absolute atomic E-state index is 0.246. The monoisotopic (exact) mass is 342 g/mol. The van der Waals surface area contributed by atoms with Gasteiger partial charge in [0.15, 0.2) is 0 Å². The Morgan fingerprint density at radius 3 is 3.00 bits per heavy atom. The summed E-state index contributed by atoms with van der Waals surface area (Å²) in [6.07, 6.45) is 7.19. The SMILES string of the molecule is Cn1ccnc1-c1cccc(NC(=O)NCC2(C)CCCCC2O)c1. The highest BCUT2D eigenvalue weighted by atomic mass is 16.3. The van der Waals surface area contributed by atoms with Gasteiger partial charge in [0.2, 0.25) is 0 Å². The number of hydrogen-bond donors (Lipinski definition) is 3. The molecule has 1 aliphatic rings. The lowest BCUT2D eigenvalue weighted by Gasteiger charge is -2.38. The maximum atomic E-state index is 12.2. The van der Waals surface area contributed by atoms with Crippen LogP contribution in [0.2, 0.25) is 0 Å². The van der Waals surface area contributed by atoms with Crippen molar-refractivity contribution < 1.29 is 9.90 Å². The molecule has 6 heteroatoms. The number of aromatic nitrogens is 2. The zero-order valence-electron chi connectivity index (χ0n) is 14.8. The molecule has 2 atom stereocenters. The summed E-state index contributed by atoms with van der Waals surface area (Å²) in [5.74, 6) is 0.849. The first-order valence-corrected chi connectivity index (χ1v) is 8.79. The molecule has 1 heterocycles. The number of imidazole rings is 1. The predicted molar refractivity (Wildman–Crippen MR) is 98.2 cm³/mol. The highest BCUT2D eigenvalue weighted by molar-refractivity contribution is 5.90. The number of urea groups is 1. The van der Waals surface area contributed by atoms with E-state index >= 15 is 0 Å². The summed E-state index contributed by atoms with van der Waals surface area (Å²) in [5.41, 5.74) is 1.41. The molecular formula is C19H26N4O2. The Kier molecular flexibility index (Phi) is 5.08. The highest BCUT2D eigenvalue weighted by Gasteiger charge is 2.35. The average molecular weight is 342 g/mol. The molecule has 134 valence electrons. The van der Waals surface area contributed by atoms with Crippen molar-refractivity contribution in [1.82, 2.24) is 14.9 Å². The molecule has 1 saturated carbocycles. The molecule has 1 fully saturated rings. The molecule has 0 spiro atoms. The minimum atomic E-state index is -0.353. The van der Waals surface area contributed by atoms with Gasteiger partial charge in [0, 0.05) is 42.7 Å². The summed E-state index contributed by atoms with van der Waals surface area (Å²) in [5, 5.41) is 16.0. The zero-order valence-corrected chi connectivity index (χ0v) is 14.8. The van der Waals surface area contributed by atoms with Gasteiger partial charge in [-0.25, -0.2) is 9.78 Å². The van der Waals surface area contributed by atoms with E-state index < -0.39 is 0 Å². The quantitative estimate of drug-likeness (QED) is 0.798. The lowest BCUT2D eigenvalue weighted by Crippen LogP contribution is -2.46. The van der Waals surface area contributed by atoms with E-state index in [1.165, 1.54) is 0 Å². The zero-order chi connectivity index (χ0) is 17.9. The van der Waals surface area contributed by atoms with Crippen molar-refractivity contribution in [2.45, 2.75) is 38.7 Å². The number of carbonyl (C=O) groups is 1. The van der Waals surface area contributed by atoms with Crippen molar-refractivity contribution in [3.8, 4) is 11.4 Å². The van der Waals surface area contributed by atoms with Crippen molar-refractivity contribution in [1.29, 1.82) is 0 Å². The number of carbonyl (C=O) groups excluding carboxylic acids is 1. The van der Waals surface area contributed by atoms with Crippen LogP contribution in [0.25, 0.3) is 11.4 Å². The second kappa shape index (κ2) is 7.27. The Morgan fingerprint density at radius 1 is 1.44 bits per heavy atom. The number of aliphatic hydroxyl groups is 1. The van der Waals surface area contributed by atoms with Crippen LogP contribution < -0.4 is 10.6 Å². The highest BCUT2D eigenvalue weighted by Crippen LogP contribution is 2.35. The first kappa shape index (κ1) is 17.5. The first-order valence-electron chi connectivity index (χ1n) is 8.79. The van der Waals surface area contributed by atoms with Crippen LogP contribution in [-0.4, -0.2) is 33.3 Å². The Hall–Kier alpha value is -2.34. The Morgan fingerprint density at radius 2 is 2.28 bits per heavy atom. The summed E-state index contributed by atoms with van der Waals surface area (Å²) >= 11 is 0. The smallest absolute Gasteiger partial charge is 0.319 e. The molecule has 0 aliphatic heterocycles. The third kappa shape index (κ3) is 4.02. The predicted octanol–water partition coefficient (Wildman–Crippen LogP) is 3.15. The molecule has 1 aliphatic carbocycles. The third-order valence-electron chi connectivity index (χ3n) is 5.13. The first-order chi connectivity index (χ1) is 12.0. The minimum Gasteiger partial charge on any atom is -0.392 e. The summed E-state index contributed by atoms with van der Waals surface area (Å²) < 4.78 is 1.94. The maximum Gasteiger partial charge on any atom is 0.319 e. The van der Waals surface area contributed by atoms with Gasteiger partial charge in [0.25, 0.3) is 0 Å². The van der Waals surface area contributed by atoms with Crippen LogP contribution in [0.5, 0.6) is 0 Å². The van der Waals surface area contributed by atoms with Crippen LogP contribution in [0.3, 0.4) is 0 Å². The van der Waals surface area contributed by atoms with Gasteiger partial charge in [-0.2, -0.15) is 0 Å². The van der Waals surface area contributed by atoms with Crippen molar-refractivity contribution in [2.24, 2.45) is 12.5 Å². The van der Waals surface area contributed by atoms with Gasteiger partial charge in [-0.05, 0) is 25.0 Å². The number of nitrogens with one attached hydrogen (secondary N) is 2. The van der Waals surface area contributed by atoms with Crippen LogP contribution in [0, 0.1) is 5.41 Å². The number of benzene rings is 1. The average Bonchev–Trinajstić information content (AvgIpc) is 3.02. The van der Waals surface area contributed by atoms with Crippen molar-refractivity contribution in [3.05, 3.63) is 36.7 Å². The number of rotatable bonds is 4. The number of hydrogen-bond acceptors (Lipinski definition) is 3. The maximum absolute atomic E-state index is 12.2. The summed E-state index contributed by atoms with van der Waals surface area (Å²) in [4.78, 5) is 16.6. The van der Waals surface area contributed by atoms with E-state index in [1.54, 1.807) is 6.20 Å². The van der Waals surface area contributed by atoms with Gasteiger partial charge in [-0.15, -0.1) is 0 Å². The van der Waals surface area contributed by atoms with E-state index in [0.717, 1.165) is 37.1 Å². The summed E-state index contributed by atoms with van der Waals surface area (Å²) in [6, 6.07) is 7.36. The van der Waals surface area contributed by atoms with E-state index in [4.69, 9.17) is 0 Å². The normalized spacial score (nSPS) is 23.2. The standard InChI is InChI=1S/C19H26N4O2/c1-19(9-4-3-8-16(19)24)13-21-18(25)22-15-7-5-6-14(12-15)17-20-10-11-23(17)2/h5-7,10-12,16,24H,3-4,8-9,13H2,1-2H3,(H2,21,22,25). The molecule has 0 radical (unpaired) electrons. The van der Waals surface area contributed by atoms with Gasteiger partial charge < -0.3 is 20.3 Å². The number of anilines is 1. The van der Waals surface area contributed by atoms with Gasteiger partial charge >= 0.3 is 6.03 Å². The fourth-order valence-electron chi connectivity index (χ4n) is 3.43. The topological polar surface area (TPSA) is 79.2 Å². The fraction of sp³-hybridized carbons (Fsp3) is 0.474. The van der Waals surface area contributed by atoms with Crippen LogP contribution in [0.15, 0.2) is 36.7 Å². The molecule has 0 bridgehead atoms. The van der Waals surface area contributed by atoms with Gasteiger partial charge in [-0.1, -0.05) is 31.9 Å². The van der Waals surface area contributed by atoms with E-state index in [0.29, 0.717) is 12.2 Å². The Bertz CT molecular complexity index is 743. The van der Waals surface area contributed by atoms with E-state index in [9.17, 15) is 9.90 Å². The Labute approximate surface area is 148 Å². The van der Waals surface area contributed by atoms with Crippen molar-refractivity contribution in [2.75, 3.05) is 11.9 Å². The number of nitrogens with zero attached hydrogens (tertiary/aromatic N) is 2.